The molecule has 1 aromatic carbocycles. The van der Waals surface area contributed by atoms with E-state index in [2.05, 4.69) is 0 Å². The van der Waals surface area contributed by atoms with Crippen molar-refractivity contribution in [2.45, 2.75) is 12.8 Å². The summed E-state index contributed by atoms with van der Waals surface area (Å²) in [5, 5.41) is 0. The quantitative estimate of drug-likeness (QED) is 0.839. The van der Waals surface area contributed by atoms with Crippen molar-refractivity contribution in [3.05, 3.63) is 30.1 Å². The van der Waals surface area contributed by atoms with E-state index in [-0.39, 0.29) is 11.7 Å². The molecular formula is C16H21FN2OS. The minimum atomic E-state index is -0.180. The molecule has 0 spiro atoms. The second-order valence-corrected chi connectivity index (χ2v) is 6.83. The van der Waals surface area contributed by atoms with E-state index in [1.54, 1.807) is 6.07 Å². The van der Waals surface area contributed by atoms with Crippen LogP contribution in [0.5, 0.6) is 0 Å². The molecule has 0 aromatic heterocycles. The molecule has 2 aliphatic rings. The van der Waals surface area contributed by atoms with Crippen molar-refractivity contribution in [2.24, 2.45) is 5.92 Å². The van der Waals surface area contributed by atoms with Gasteiger partial charge in [0.2, 0.25) is 5.91 Å². The highest BCUT2D eigenvalue weighted by atomic mass is 32.2. The topological polar surface area (TPSA) is 23.6 Å². The van der Waals surface area contributed by atoms with Crippen LogP contribution < -0.4 is 4.90 Å². The van der Waals surface area contributed by atoms with Gasteiger partial charge in [-0.3, -0.25) is 4.79 Å². The molecule has 114 valence electrons. The van der Waals surface area contributed by atoms with Crippen molar-refractivity contribution in [1.82, 2.24) is 4.90 Å². The van der Waals surface area contributed by atoms with Gasteiger partial charge in [0.1, 0.15) is 5.82 Å². The molecule has 2 heterocycles. The van der Waals surface area contributed by atoms with Gasteiger partial charge < -0.3 is 9.80 Å². The molecule has 3 rings (SSSR count). The molecule has 21 heavy (non-hydrogen) atoms. The highest BCUT2D eigenvalue weighted by Crippen LogP contribution is 2.26. The van der Waals surface area contributed by atoms with Gasteiger partial charge in [0.15, 0.2) is 0 Å². The monoisotopic (exact) mass is 308 g/mol. The summed E-state index contributed by atoms with van der Waals surface area (Å²) in [6.45, 7) is 2.84. The Kier molecular flexibility index (Phi) is 4.68. The van der Waals surface area contributed by atoms with E-state index in [0.29, 0.717) is 37.8 Å². The van der Waals surface area contributed by atoms with E-state index < -0.39 is 0 Å². The molecule has 1 atom stereocenters. The predicted molar refractivity (Wildman–Crippen MR) is 85.2 cm³/mol. The maximum absolute atomic E-state index is 13.8. The summed E-state index contributed by atoms with van der Waals surface area (Å²) in [6.07, 6.45) is 2.18. The fourth-order valence-corrected chi connectivity index (χ4v) is 4.20. The van der Waals surface area contributed by atoms with Gasteiger partial charge in [0.25, 0.3) is 0 Å². The number of hydrogen-bond donors (Lipinski definition) is 0. The summed E-state index contributed by atoms with van der Waals surface area (Å²) in [6, 6.07) is 6.87. The van der Waals surface area contributed by atoms with E-state index >= 15 is 0 Å². The van der Waals surface area contributed by atoms with Crippen LogP contribution in [0.2, 0.25) is 0 Å². The first-order valence-corrected chi connectivity index (χ1v) is 8.77. The lowest BCUT2D eigenvalue weighted by molar-refractivity contribution is -0.135. The fraction of sp³-hybridized carbons (Fsp3) is 0.562. The Bertz CT molecular complexity index is 497. The van der Waals surface area contributed by atoms with Crippen molar-refractivity contribution >= 4 is 23.4 Å². The van der Waals surface area contributed by atoms with Crippen molar-refractivity contribution in [2.75, 3.05) is 42.6 Å². The first-order valence-electron chi connectivity index (χ1n) is 7.62. The van der Waals surface area contributed by atoms with Crippen molar-refractivity contribution in [3.63, 3.8) is 0 Å². The van der Waals surface area contributed by atoms with Crippen LogP contribution in [-0.2, 0) is 4.79 Å². The molecule has 0 aliphatic carbocycles. The smallest absolute Gasteiger partial charge is 0.226 e. The van der Waals surface area contributed by atoms with E-state index in [4.69, 9.17) is 0 Å². The van der Waals surface area contributed by atoms with Crippen LogP contribution in [0.15, 0.2) is 24.3 Å². The van der Waals surface area contributed by atoms with Crippen LogP contribution in [0.3, 0.4) is 0 Å². The molecular weight excluding hydrogens is 287 g/mol. The number of carbonyl (C=O) groups is 1. The van der Waals surface area contributed by atoms with Gasteiger partial charge >= 0.3 is 0 Å². The molecule has 0 N–H and O–H groups in total. The molecule has 2 fully saturated rings. The second-order valence-electron chi connectivity index (χ2n) is 5.68. The molecule has 5 heteroatoms. The zero-order valence-corrected chi connectivity index (χ0v) is 12.9. The first kappa shape index (κ1) is 14.7. The molecule has 0 radical (unpaired) electrons. The lowest BCUT2D eigenvalue weighted by Gasteiger charge is -2.38. The first-order chi connectivity index (χ1) is 10.3. The Hall–Kier alpha value is -1.23. The summed E-state index contributed by atoms with van der Waals surface area (Å²) in [5.41, 5.74) is 0.651. The highest BCUT2D eigenvalue weighted by molar-refractivity contribution is 7.99. The summed E-state index contributed by atoms with van der Waals surface area (Å²) in [7, 11) is 0. The Morgan fingerprint density at radius 2 is 1.95 bits per heavy atom. The molecule has 2 saturated heterocycles. The van der Waals surface area contributed by atoms with E-state index in [0.717, 1.165) is 18.6 Å². The van der Waals surface area contributed by atoms with Gasteiger partial charge in [-0.15, -0.1) is 0 Å². The number of carbonyl (C=O) groups excluding carboxylic acids is 1. The van der Waals surface area contributed by atoms with Crippen LogP contribution in [0.25, 0.3) is 0 Å². The number of halogens is 1. The maximum atomic E-state index is 13.8. The molecule has 1 amide bonds. The zero-order valence-electron chi connectivity index (χ0n) is 12.1. The Balaban J connectivity index is 1.57. The molecule has 0 bridgehead atoms. The van der Waals surface area contributed by atoms with Gasteiger partial charge in [-0.25, -0.2) is 4.39 Å². The SMILES string of the molecule is O=C(C1CCCSC1)N1CCN(c2ccccc2F)CC1. The highest BCUT2D eigenvalue weighted by Gasteiger charge is 2.29. The van der Waals surface area contributed by atoms with Crippen LogP contribution in [0.4, 0.5) is 10.1 Å². The average molecular weight is 308 g/mol. The van der Waals surface area contributed by atoms with Crippen molar-refractivity contribution in [3.8, 4) is 0 Å². The van der Waals surface area contributed by atoms with Crippen LogP contribution >= 0.6 is 11.8 Å². The summed E-state index contributed by atoms with van der Waals surface area (Å²) >= 11 is 1.89. The van der Waals surface area contributed by atoms with Crippen LogP contribution in [-0.4, -0.2) is 48.5 Å². The normalized spacial score (nSPS) is 23.2. The number of hydrogen-bond acceptors (Lipinski definition) is 3. The zero-order chi connectivity index (χ0) is 14.7. The van der Waals surface area contributed by atoms with Gasteiger partial charge in [-0.1, -0.05) is 12.1 Å². The van der Waals surface area contributed by atoms with Crippen LogP contribution in [0.1, 0.15) is 12.8 Å². The number of amides is 1. The van der Waals surface area contributed by atoms with Gasteiger partial charge in [-0.05, 0) is 30.7 Å². The summed E-state index contributed by atoms with van der Waals surface area (Å²) in [4.78, 5) is 16.5. The fourth-order valence-electron chi connectivity index (χ4n) is 3.07. The van der Waals surface area contributed by atoms with Crippen molar-refractivity contribution in [1.29, 1.82) is 0 Å². The number of thioether (sulfide) groups is 1. The molecule has 1 aromatic rings. The number of anilines is 1. The number of nitrogens with zero attached hydrogens (tertiary/aromatic N) is 2. The van der Waals surface area contributed by atoms with E-state index in [9.17, 15) is 9.18 Å². The summed E-state index contributed by atoms with van der Waals surface area (Å²) in [5.74, 6) is 2.47. The number of rotatable bonds is 2. The largest absolute Gasteiger partial charge is 0.366 e. The molecule has 3 nitrogen and oxygen atoms in total. The lowest BCUT2D eigenvalue weighted by atomic mass is 10.0. The Morgan fingerprint density at radius 3 is 2.62 bits per heavy atom. The number of para-hydroxylation sites is 1. The predicted octanol–water partition coefficient (Wildman–Crippen LogP) is 2.62. The molecule has 1 unspecified atom stereocenters. The Morgan fingerprint density at radius 1 is 1.19 bits per heavy atom. The second kappa shape index (κ2) is 6.69. The number of piperazine rings is 1. The summed E-state index contributed by atoms with van der Waals surface area (Å²) < 4.78 is 13.8. The maximum Gasteiger partial charge on any atom is 0.226 e. The molecule has 2 aliphatic heterocycles. The minimum Gasteiger partial charge on any atom is -0.366 e. The van der Waals surface area contributed by atoms with Gasteiger partial charge in [0, 0.05) is 37.8 Å². The third-order valence-electron chi connectivity index (χ3n) is 4.29. The van der Waals surface area contributed by atoms with Gasteiger partial charge in [-0.2, -0.15) is 11.8 Å². The van der Waals surface area contributed by atoms with E-state index in [1.165, 1.54) is 11.8 Å². The lowest BCUT2D eigenvalue weighted by Crippen LogP contribution is -2.51. The Labute approximate surface area is 129 Å². The van der Waals surface area contributed by atoms with Crippen molar-refractivity contribution < 1.29 is 9.18 Å². The van der Waals surface area contributed by atoms with Gasteiger partial charge in [0.05, 0.1) is 5.69 Å². The molecule has 0 saturated carbocycles. The third kappa shape index (κ3) is 3.34. The third-order valence-corrected chi connectivity index (χ3v) is 5.51. The number of benzene rings is 1. The average Bonchev–Trinajstić information content (AvgIpc) is 2.56. The van der Waals surface area contributed by atoms with E-state index in [1.807, 2.05) is 33.7 Å². The standard InChI is InChI=1S/C16H21FN2OS/c17-14-5-1-2-6-15(14)18-7-9-19(10-8-18)16(20)13-4-3-11-21-12-13/h1-2,5-6,13H,3-4,7-12H2. The van der Waals surface area contributed by atoms with Crippen LogP contribution in [0, 0.1) is 11.7 Å². The minimum absolute atomic E-state index is 0.180.